The van der Waals surface area contributed by atoms with E-state index in [1.54, 1.807) is 43.5 Å². The third kappa shape index (κ3) is 9.37. The predicted molar refractivity (Wildman–Crippen MR) is 243 cm³/mol. The summed E-state index contributed by atoms with van der Waals surface area (Å²) in [5, 5.41) is 0. The number of carbonyl (C=O) groups is 2. The average molecular weight is 810 g/mol. The van der Waals surface area contributed by atoms with E-state index in [0.29, 0.717) is 17.2 Å². The third-order valence-corrected chi connectivity index (χ3v) is 11.5. The van der Waals surface area contributed by atoms with Crippen LogP contribution in [0, 0.1) is 6.92 Å². The van der Waals surface area contributed by atoms with Gasteiger partial charge in [0.1, 0.15) is 23.0 Å². The maximum absolute atomic E-state index is 13.0. The largest absolute Gasteiger partial charge is 0.519 e. The molecule has 0 aliphatic rings. The van der Waals surface area contributed by atoms with Gasteiger partial charge in [0.05, 0.1) is 7.11 Å². The second kappa shape index (κ2) is 18.0. The van der Waals surface area contributed by atoms with Crippen molar-refractivity contribution in [1.29, 1.82) is 0 Å². The lowest BCUT2D eigenvalue weighted by atomic mass is 9.71. The Balaban J connectivity index is 1.11. The molecule has 0 fully saturated rings. The molecule has 61 heavy (non-hydrogen) atoms. The molecule has 1 atom stereocenters. The minimum absolute atomic E-state index is 0.360. The molecule has 0 N–H and O–H groups in total. The second-order valence-corrected chi connectivity index (χ2v) is 15.8. The number of benzene rings is 7. The van der Waals surface area contributed by atoms with Crippen LogP contribution >= 0.6 is 0 Å². The van der Waals surface area contributed by atoms with Crippen molar-refractivity contribution in [3.8, 4) is 23.0 Å². The van der Waals surface area contributed by atoms with Crippen LogP contribution in [0.5, 0.6) is 23.0 Å². The van der Waals surface area contributed by atoms with E-state index in [1.807, 2.05) is 48.5 Å². The highest BCUT2D eigenvalue weighted by molar-refractivity contribution is 5.77. The first-order valence-corrected chi connectivity index (χ1v) is 20.5. The molecule has 0 radical (unpaired) electrons. The molecule has 0 aliphatic heterocycles. The number of methoxy groups -OCH3 is 1. The first-order valence-electron chi connectivity index (χ1n) is 20.5. The smallest absolute Gasteiger partial charge is 0.497 e. The van der Waals surface area contributed by atoms with E-state index in [1.165, 1.54) is 18.1 Å². The number of esters is 1. The standard InChI is InChI=1S/C54H51NO6/c1-8-39-11-25-46(26-12-39)55(45-23-9-37(2)10-24-45)47-27-13-42(14-28-47)54(6,43-19-29-48(58-7)30-20-43)44-21-35-51(36-22-44)61-52(57)60-50-33-17-41(18-34-50)53(4,5)40-15-31-49(32-16-40)59-38(3)56/h9-36H,8H2,1-7H3. The molecule has 7 nitrogen and oxygen atoms in total. The van der Waals surface area contributed by atoms with Crippen LogP contribution in [-0.4, -0.2) is 19.2 Å². The van der Waals surface area contributed by atoms with Gasteiger partial charge >= 0.3 is 12.1 Å². The summed E-state index contributed by atoms with van der Waals surface area (Å²) >= 11 is 0. The summed E-state index contributed by atoms with van der Waals surface area (Å²) in [7, 11) is 1.67. The SMILES string of the molecule is CCc1ccc(N(c2ccc(C)cc2)c2ccc(C(C)(c3ccc(OC)cc3)c3ccc(OC(=O)Oc4ccc(C(C)(C)c5ccc(OC(C)=O)cc5)cc4)cc3)cc2)cc1. The van der Waals surface area contributed by atoms with Crippen LogP contribution < -0.4 is 23.8 Å². The molecular weight excluding hydrogens is 759 g/mol. The van der Waals surface area contributed by atoms with E-state index < -0.39 is 11.6 Å². The van der Waals surface area contributed by atoms with Crippen LogP contribution in [0.3, 0.4) is 0 Å². The average Bonchev–Trinajstić information content (AvgIpc) is 3.28. The first-order chi connectivity index (χ1) is 29.4. The maximum Gasteiger partial charge on any atom is 0.519 e. The molecule has 0 saturated heterocycles. The molecule has 0 amide bonds. The minimum Gasteiger partial charge on any atom is -0.497 e. The molecular formula is C54H51NO6. The zero-order valence-electron chi connectivity index (χ0n) is 35.8. The fourth-order valence-corrected chi connectivity index (χ4v) is 7.67. The molecule has 0 spiro atoms. The topological polar surface area (TPSA) is 74.3 Å². The number of hydrogen-bond acceptors (Lipinski definition) is 7. The van der Waals surface area contributed by atoms with Gasteiger partial charge in [-0.05, 0) is 139 Å². The van der Waals surface area contributed by atoms with E-state index in [-0.39, 0.29) is 11.4 Å². The number of aryl methyl sites for hydroxylation is 2. The van der Waals surface area contributed by atoms with Crippen LogP contribution in [0.15, 0.2) is 170 Å². The number of anilines is 3. The summed E-state index contributed by atoms with van der Waals surface area (Å²) < 4.78 is 21.9. The Bertz CT molecular complexity index is 2560. The Morgan fingerprint density at radius 3 is 1.21 bits per heavy atom. The van der Waals surface area contributed by atoms with Crippen LogP contribution in [0.2, 0.25) is 0 Å². The van der Waals surface area contributed by atoms with E-state index in [2.05, 4.69) is 124 Å². The van der Waals surface area contributed by atoms with Gasteiger partial charge in [-0.1, -0.05) is 111 Å². The zero-order chi connectivity index (χ0) is 43.1. The highest BCUT2D eigenvalue weighted by Gasteiger charge is 2.32. The van der Waals surface area contributed by atoms with Gasteiger partial charge in [-0.2, -0.15) is 0 Å². The van der Waals surface area contributed by atoms with Crippen molar-refractivity contribution in [2.75, 3.05) is 12.0 Å². The van der Waals surface area contributed by atoms with Crippen molar-refractivity contribution < 1.29 is 28.5 Å². The molecule has 0 heterocycles. The van der Waals surface area contributed by atoms with Crippen molar-refractivity contribution in [1.82, 2.24) is 0 Å². The van der Waals surface area contributed by atoms with Crippen LogP contribution in [0.25, 0.3) is 0 Å². The summed E-state index contributed by atoms with van der Waals surface area (Å²) in [6, 6.07) is 56.6. The Morgan fingerprint density at radius 1 is 0.475 bits per heavy atom. The van der Waals surface area contributed by atoms with Gasteiger partial charge in [0.25, 0.3) is 0 Å². The predicted octanol–water partition coefficient (Wildman–Crippen LogP) is 13.2. The molecule has 0 bridgehead atoms. The van der Waals surface area contributed by atoms with E-state index in [9.17, 15) is 9.59 Å². The third-order valence-electron chi connectivity index (χ3n) is 11.5. The highest BCUT2D eigenvalue weighted by atomic mass is 16.7. The number of rotatable bonds is 13. The second-order valence-electron chi connectivity index (χ2n) is 15.8. The zero-order valence-corrected chi connectivity index (χ0v) is 35.8. The fourth-order valence-electron chi connectivity index (χ4n) is 7.67. The van der Waals surface area contributed by atoms with Crippen molar-refractivity contribution in [3.05, 3.63) is 209 Å². The van der Waals surface area contributed by atoms with Crippen LogP contribution in [0.4, 0.5) is 21.9 Å². The summed E-state index contributed by atoms with van der Waals surface area (Å²) in [4.78, 5) is 26.6. The van der Waals surface area contributed by atoms with Gasteiger partial charge in [-0.15, -0.1) is 0 Å². The number of carbonyl (C=O) groups excluding carboxylic acids is 2. The lowest BCUT2D eigenvalue weighted by Crippen LogP contribution is -2.25. The molecule has 0 aromatic heterocycles. The van der Waals surface area contributed by atoms with E-state index in [4.69, 9.17) is 18.9 Å². The van der Waals surface area contributed by atoms with Crippen molar-refractivity contribution in [3.63, 3.8) is 0 Å². The summed E-state index contributed by atoms with van der Waals surface area (Å²) in [5.74, 6) is 1.63. The fraction of sp³-hybridized carbons (Fsp3) is 0.185. The quantitative estimate of drug-likeness (QED) is 0.0497. The van der Waals surface area contributed by atoms with Crippen molar-refractivity contribution in [2.45, 2.75) is 58.8 Å². The highest BCUT2D eigenvalue weighted by Crippen LogP contribution is 2.42. The minimum atomic E-state index is -0.836. The van der Waals surface area contributed by atoms with E-state index in [0.717, 1.165) is 57.0 Å². The Hall–Kier alpha value is -7.12. The Kier molecular flexibility index (Phi) is 12.4. The van der Waals surface area contributed by atoms with Crippen molar-refractivity contribution >= 4 is 29.2 Å². The van der Waals surface area contributed by atoms with Crippen LogP contribution in [-0.2, 0) is 22.0 Å². The number of hydrogen-bond donors (Lipinski definition) is 0. The maximum atomic E-state index is 13.0. The number of ether oxygens (including phenoxy) is 4. The van der Waals surface area contributed by atoms with Gasteiger partial charge in [0.15, 0.2) is 0 Å². The molecule has 7 rings (SSSR count). The summed E-state index contributed by atoms with van der Waals surface area (Å²) in [6.07, 6.45) is 0.144. The van der Waals surface area contributed by atoms with Gasteiger partial charge in [-0.3, -0.25) is 4.79 Å². The lowest BCUT2D eigenvalue weighted by Gasteiger charge is -2.33. The summed E-state index contributed by atoms with van der Waals surface area (Å²) in [5.41, 5.74) is 10.00. The molecule has 7 aromatic rings. The lowest BCUT2D eigenvalue weighted by molar-refractivity contribution is -0.131. The van der Waals surface area contributed by atoms with Gasteiger partial charge in [-0.25, -0.2) is 4.79 Å². The van der Waals surface area contributed by atoms with E-state index >= 15 is 0 Å². The molecule has 7 aromatic carbocycles. The van der Waals surface area contributed by atoms with Gasteiger partial charge in [0, 0.05) is 34.8 Å². The molecule has 308 valence electrons. The molecule has 1 unspecified atom stereocenters. The normalized spacial score (nSPS) is 12.2. The molecule has 0 saturated carbocycles. The first kappa shape index (κ1) is 42.0. The van der Waals surface area contributed by atoms with Gasteiger partial charge < -0.3 is 23.8 Å². The van der Waals surface area contributed by atoms with Gasteiger partial charge in [0.2, 0.25) is 0 Å². The molecule has 0 aliphatic carbocycles. The van der Waals surface area contributed by atoms with Crippen LogP contribution in [0.1, 0.15) is 73.6 Å². The monoisotopic (exact) mass is 809 g/mol. The Morgan fingerprint density at radius 2 is 0.820 bits per heavy atom. The Labute approximate surface area is 359 Å². The van der Waals surface area contributed by atoms with Crippen molar-refractivity contribution in [2.24, 2.45) is 0 Å². The number of nitrogens with zero attached hydrogens (tertiary/aromatic N) is 1. The summed E-state index contributed by atoms with van der Waals surface area (Å²) in [6.45, 7) is 12.1. The molecule has 7 heteroatoms.